The number of aromatic nitrogens is 4. The Morgan fingerprint density at radius 2 is 2.00 bits per heavy atom. The number of ether oxygens (including phenoxy) is 1. The second kappa shape index (κ2) is 9.50. The van der Waals surface area contributed by atoms with Gasteiger partial charge in [-0.05, 0) is 30.9 Å². The van der Waals surface area contributed by atoms with Crippen LogP contribution in [0.4, 0.5) is 5.82 Å². The molecule has 0 unspecified atom stereocenters. The number of hydrogen-bond acceptors (Lipinski definition) is 7. The molecule has 2 saturated heterocycles. The molecule has 34 heavy (non-hydrogen) atoms. The van der Waals surface area contributed by atoms with Crippen molar-refractivity contribution in [2.24, 2.45) is 5.92 Å². The lowest BCUT2D eigenvalue weighted by Crippen LogP contribution is -2.56. The minimum atomic E-state index is -0.0822. The number of carbonyl (C=O) groups is 2. The average Bonchev–Trinajstić information content (AvgIpc) is 3.30. The molecule has 0 saturated carbocycles. The molecule has 3 aromatic rings. The highest BCUT2D eigenvalue weighted by Gasteiger charge is 2.34. The minimum Gasteiger partial charge on any atom is -0.471 e. The zero-order chi connectivity index (χ0) is 23.5. The molecule has 2 N–H and O–H groups in total. The summed E-state index contributed by atoms with van der Waals surface area (Å²) in [6.07, 6.45) is 7.97. The van der Waals surface area contributed by atoms with Crippen molar-refractivity contribution >= 4 is 28.7 Å². The molecule has 0 atom stereocenters. The Kier molecular flexibility index (Phi) is 6.11. The summed E-state index contributed by atoms with van der Waals surface area (Å²) in [6.45, 7) is 6.72. The monoisotopic (exact) mass is 461 g/mol. The van der Waals surface area contributed by atoms with Crippen molar-refractivity contribution < 1.29 is 14.3 Å². The van der Waals surface area contributed by atoms with Crippen molar-refractivity contribution in [3.63, 3.8) is 0 Å². The smallest absolute Gasteiger partial charge is 0.256 e. The zero-order valence-corrected chi connectivity index (χ0v) is 18.8. The Bertz CT molecular complexity index is 1180. The van der Waals surface area contributed by atoms with Crippen molar-refractivity contribution in [1.29, 1.82) is 0 Å². The molecule has 10 heteroatoms. The molecule has 2 amide bonds. The first-order chi connectivity index (χ1) is 16.6. The predicted molar refractivity (Wildman–Crippen MR) is 126 cm³/mol. The summed E-state index contributed by atoms with van der Waals surface area (Å²) in [5.41, 5.74) is 1.16. The highest BCUT2D eigenvalue weighted by Crippen LogP contribution is 2.27. The van der Waals surface area contributed by atoms with Crippen LogP contribution >= 0.6 is 0 Å². The minimum absolute atomic E-state index is 0.0157. The first kappa shape index (κ1) is 21.9. The van der Waals surface area contributed by atoms with Gasteiger partial charge in [-0.3, -0.25) is 9.59 Å². The van der Waals surface area contributed by atoms with Crippen LogP contribution in [0.1, 0.15) is 23.2 Å². The Morgan fingerprint density at radius 3 is 2.74 bits per heavy atom. The Hall–Kier alpha value is -3.95. The summed E-state index contributed by atoms with van der Waals surface area (Å²) in [7, 11) is 0. The van der Waals surface area contributed by atoms with Gasteiger partial charge in [0.1, 0.15) is 23.9 Å². The van der Waals surface area contributed by atoms with E-state index in [1.54, 1.807) is 23.4 Å². The lowest BCUT2D eigenvalue weighted by molar-refractivity contribution is -0.127. The second-order valence-corrected chi connectivity index (χ2v) is 8.62. The summed E-state index contributed by atoms with van der Waals surface area (Å²) >= 11 is 0. The van der Waals surface area contributed by atoms with Gasteiger partial charge in [0.05, 0.1) is 24.0 Å². The van der Waals surface area contributed by atoms with Crippen LogP contribution in [0.3, 0.4) is 0 Å². The molecule has 2 aliphatic rings. The van der Waals surface area contributed by atoms with Gasteiger partial charge in [0.25, 0.3) is 5.91 Å². The van der Waals surface area contributed by atoms with Gasteiger partial charge in [-0.1, -0.05) is 12.6 Å². The van der Waals surface area contributed by atoms with Crippen LogP contribution in [0.25, 0.3) is 11.0 Å². The number of nitrogens with one attached hydrogen (secondary N) is 2. The second-order valence-electron chi connectivity index (χ2n) is 8.62. The van der Waals surface area contributed by atoms with E-state index in [4.69, 9.17) is 4.74 Å². The number of fused-ring (bicyclic) bond motifs is 1. The fourth-order valence-corrected chi connectivity index (χ4v) is 4.43. The summed E-state index contributed by atoms with van der Waals surface area (Å²) < 4.78 is 5.81. The van der Waals surface area contributed by atoms with E-state index in [2.05, 4.69) is 31.8 Å². The van der Waals surface area contributed by atoms with E-state index < -0.39 is 0 Å². The van der Waals surface area contributed by atoms with Crippen LogP contribution in [-0.2, 0) is 4.79 Å². The molecule has 5 rings (SSSR count). The zero-order valence-electron chi connectivity index (χ0n) is 18.8. The fraction of sp³-hybridized carbons (Fsp3) is 0.375. The Labute approximate surface area is 197 Å². The first-order valence-corrected chi connectivity index (χ1v) is 11.5. The number of rotatable bonds is 7. The molecule has 176 valence electrons. The highest BCUT2D eigenvalue weighted by atomic mass is 16.5. The van der Waals surface area contributed by atoms with E-state index in [0.717, 1.165) is 25.9 Å². The van der Waals surface area contributed by atoms with Gasteiger partial charge < -0.3 is 24.8 Å². The molecule has 10 nitrogen and oxygen atoms in total. The Balaban J connectivity index is 1.21. The maximum Gasteiger partial charge on any atom is 0.256 e. The van der Waals surface area contributed by atoms with Gasteiger partial charge in [-0.15, -0.1) is 0 Å². The molecule has 0 spiro atoms. The third-order valence-corrected chi connectivity index (χ3v) is 6.42. The first-order valence-electron chi connectivity index (χ1n) is 11.5. The predicted octanol–water partition coefficient (Wildman–Crippen LogP) is 2.09. The number of pyridine rings is 1. The lowest BCUT2D eigenvalue weighted by Gasteiger charge is -2.38. The topological polar surface area (TPSA) is 116 Å². The number of anilines is 1. The molecule has 5 heterocycles. The number of likely N-dealkylation sites (tertiary alicyclic amines) is 2. The number of H-pyrrole nitrogens is 1. The van der Waals surface area contributed by atoms with Crippen LogP contribution in [-0.4, -0.2) is 80.4 Å². The molecule has 0 radical (unpaired) electrons. The maximum absolute atomic E-state index is 13.2. The van der Waals surface area contributed by atoms with E-state index in [1.807, 2.05) is 17.0 Å². The number of amides is 2. The standard InChI is InChI=1S/C24H27N7O3/c1-2-20(32)30-9-6-16(7-10-30)11-26-22-21-18(12-27-23(21)29-15-28-22)24(33)31-13-17(14-31)34-19-5-3-4-8-25-19/h2-5,8,12,15-17H,1,6-7,9-11,13-14H2,(H2,26,27,28,29). The van der Waals surface area contributed by atoms with Gasteiger partial charge in [0.2, 0.25) is 11.8 Å². The lowest BCUT2D eigenvalue weighted by atomic mass is 9.96. The van der Waals surface area contributed by atoms with Gasteiger partial charge in [-0.2, -0.15) is 0 Å². The van der Waals surface area contributed by atoms with Crippen molar-refractivity contribution in [3.05, 3.63) is 55.1 Å². The van der Waals surface area contributed by atoms with Gasteiger partial charge in [0, 0.05) is 38.1 Å². The van der Waals surface area contributed by atoms with E-state index >= 15 is 0 Å². The van der Waals surface area contributed by atoms with Gasteiger partial charge in [0.15, 0.2) is 0 Å². The van der Waals surface area contributed by atoms with Crippen LogP contribution < -0.4 is 10.1 Å². The third kappa shape index (κ3) is 4.43. The number of hydrogen-bond donors (Lipinski definition) is 2. The average molecular weight is 462 g/mol. The summed E-state index contributed by atoms with van der Waals surface area (Å²) in [5, 5.41) is 4.11. The molecule has 2 fully saturated rings. The van der Waals surface area contributed by atoms with E-state index in [-0.39, 0.29) is 17.9 Å². The molecule has 3 aromatic heterocycles. The number of piperidine rings is 1. The van der Waals surface area contributed by atoms with Crippen LogP contribution in [0.15, 0.2) is 49.6 Å². The fourth-order valence-electron chi connectivity index (χ4n) is 4.43. The number of nitrogens with zero attached hydrogens (tertiary/aromatic N) is 5. The van der Waals surface area contributed by atoms with Crippen molar-refractivity contribution in [1.82, 2.24) is 29.7 Å². The molecular formula is C24H27N7O3. The van der Waals surface area contributed by atoms with E-state index in [1.165, 1.54) is 12.4 Å². The number of carbonyl (C=O) groups excluding carboxylic acids is 2. The molecule has 0 aliphatic carbocycles. The third-order valence-electron chi connectivity index (χ3n) is 6.42. The normalized spacial score (nSPS) is 16.8. The summed E-state index contributed by atoms with van der Waals surface area (Å²) in [6, 6.07) is 5.51. The maximum atomic E-state index is 13.2. The Morgan fingerprint density at radius 1 is 1.18 bits per heavy atom. The van der Waals surface area contributed by atoms with E-state index in [0.29, 0.717) is 53.8 Å². The highest BCUT2D eigenvalue weighted by molar-refractivity contribution is 6.09. The van der Waals surface area contributed by atoms with Crippen LogP contribution in [0.2, 0.25) is 0 Å². The molecular weight excluding hydrogens is 434 g/mol. The molecule has 0 aromatic carbocycles. The number of aromatic amines is 1. The van der Waals surface area contributed by atoms with Crippen molar-refractivity contribution in [3.8, 4) is 5.88 Å². The van der Waals surface area contributed by atoms with Crippen LogP contribution in [0, 0.1) is 5.92 Å². The van der Waals surface area contributed by atoms with Crippen molar-refractivity contribution in [2.45, 2.75) is 18.9 Å². The van der Waals surface area contributed by atoms with E-state index in [9.17, 15) is 9.59 Å². The largest absolute Gasteiger partial charge is 0.471 e. The molecule has 0 bridgehead atoms. The SMILES string of the molecule is C=CC(=O)N1CCC(CNc2ncnc3[nH]cc(C(=O)N4CC(Oc5ccccn5)C4)c23)CC1. The summed E-state index contributed by atoms with van der Waals surface area (Å²) in [5.74, 6) is 1.52. The molecule has 2 aliphatic heterocycles. The van der Waals surface area contributed by atoms with Crippen LogP contribution in [0.5, 0.6) is 5.88 Å². The quantitative estimate of drug-likeness (QED) is 0.518. The summed E-state index contributed by atoms with van der Waals surface area (Å²) in [4.78, 5) is 44.5. The van der Waals surface area contributed by atoms with Gasteiger partial charge >= 0.3 is 0 Å². The van der Waals surface area contributed by atoms with Gasteiger partial charge in [-0.25, -0.2) is 15.0 Å². The van der Waals surface area contributed by atoms with Crippen molar-refractivity contribution in [2.75, 3.05) is 38.0 Å².